The third kappa shape index (κ3) is 3.50. The van der Waals surface area contributed by atoms with E-state index in [4.69, 9.17) is 0 Å². The molecule has 0 fully saturated rings. The lowest BCUT2D eigenvalue weighted by Gasteiger charge is -2.34. The second-order valence-electron chi connectivity index (χ2n) is 6.57. The van der Waals surface area contributed by atoms with E-state index in [1.165, 1.54) is 4.31 Å². The zero-order valence-electron chi connectivity index (χ0n) is 14.6. The Labute approximate surface area is 147 Å². The summed E-state index contributed by atoms with van der Waals surface area (Å²) in [6, 6.07) is 4.59. The Kier molecular flexibility index (Phi) is 4.75. The predicted molar refractivity (Wildman–Crippen MR) is 93.6 cm³/mol. The van der Waals surface area contributed by atoms with Gasteiger partial charge in [0.2, 0.25) is 10.0 Å². The molecule has 0 radical (unpaired) electrons. The standard InChI is InChI=1S/C17H22N4O3S/c1-12(2)20-11-19-14-7-9-21(25(3,23)24)17(16(14)20)15(22)10-13-6-4-5-8-18-13/h4-6,8,11-12,17H,7,9-10H2,1-3H3. The second kappa shape index (κ2) is 6.68. The van der Waals surface area contributed by atoms with Crippen molar-refractivity contribution in [3.8, 4) is 0 Å². The van der Waals surface area contributed by atoms with Gasteiger partial charge in [0.05, 0.1) is 30.4 Å². The summed E-state index contributed by atoms with van der Waals surface area (Å²) in [5.41, 5.74) is 2.12. The average Bonchev–Trinajstić information content (AvgIpc) is 2.98. The third-order valence-electron chi connectivity index (χ3n) is 4.40. The van der Waals surface area contributed by atoms with Gasteiger partial charge in [-0.15, -0.1) is 0 Å². The quantitative estimate of drug-likeness (QED) is 0.805. The van der Waals surface area contributed by atoms with Crippen molar-refractivity contribution < 1.29 is 13.2 Å². The molecule has 0 saturated carbocycles. The Hall–Kier alpha value is -2.06. The highest BCUT2D eigenvalue weighted by Gasteiger charge is 2.40. The Morgan fingerprint density at radius 2 is 2.08 bits per heavy atom. The van der Waals surface area contributed by atoms with Crippen LogP contribution in [0, 0.1) is 0 Å². The number of carbonyl (C=O) groups excluding carboxylic acids is 1. The number of ketones is 1. The summed E-state index contributed by atoms with van der Waals surface area (Å²) >= 11 is 0. The molecule has 25 heavy (non-hydrogen) atoms. The first-order valence-corrected chi connectivity index (χ1v) is 10.1. The van der Waals surface area contributed by atoms with Crippen molar-refractivity contribution >= 4 is 15.8 Å². The van der Waals surface area contributed by atoms with E-state index in [-0.39, 0.29) is 24.8 Å². The van der Waals surface area contributed by atoms with Crippen LogP contribution in [0.25, 0.3) is 0 Å². The summed E-state index contributed by atoms with van der Waals surface area (Å²) in [5, 5.41) is 0. The fraction of sp³-hybridized carbons (Fsp3) is 0.471. The van der Waals surface area contributed by atoms with Gasteiger partial charge in [-0.05, 0) is 26.0 Å². The van der Waals surface area contributed by atoms with Crippen molar-refractivity contribution in [1.29, 1.82) is 0 Å². The number of nitrogens with zero attached hydrogens (tertiary/aromatic N) is 4. The molecule has 0 saturated heterocycles. The van der Waals surface area contributed by atoms with E-state index in [1.54, 1.807) is 24.7 Å². The number of pyridine rings is 1. The summed E-state index contributed by atoms with van der Waals surface area (Å²) in [5.74, 6) is -0.188. The van der Waals surface area contributed by atoms with Crippen molar-refractivity contribution in [1.82, 2.24) is 18.8 Å². The number of hydrogen-bond donors (Lipinski definition) is 0. The lowest BCUT2D eigenvalue weighted by Crippen LogP contribution is -2.44. The molecule has 0 amide bonds. The molecular weight excluding hydrogens is 340 g/mol. The first-order valence-electron chi connectivity index (χ1n) is 8.24. The molecule has 0 spiro atoms. The first kappa shape index (κ1) is 17.8. The molecule has 134 valence electrons. The Balaban J connectivity index is 2.05. The fourth-order valence-corrected chi connectivity index (χ4v) is 4.27. The van der Waals surface area contributed by atoms with E-state index in [0.717, 1.165) is 11.9 Å². The lowest BCUT2D eigenvalue weighted by atomic mass is 9.98. The number of aromatic nitrogens is 3. The van der Waals surface area contributed by atoms with Gasteiger partial charge in [-0.1, -0.05) is 6.07 Å². The molecule has 7 nitrogen and oxygen atoms in total. The van der Waals surface area contributed by atoms with Gasteiger partial charge in [-0.25, -0.2) is 13.4 Å². The topological polar surface area (TPSA) is 85.2 Å². The van der Waals surface area contributed by atoms with Crippen molar-refractivity contribution in [2.45, 2.75) is 38.8 Å². The summed E-state index contributed by atoms with van der Waals surface area (Å²) < 4.78 is 27.8. The van der Waals surface area contributed by atoms with Crippen molar-refractivity contribution in [2.24, 2.45) is 0 Å². The molecule has 1 unspecified atom stereocenters. The van der Waals surface area contributed by atoms with Crippen LogP contribution < -0.4 is 0 Å². The van der Waals surface area contributed by atoms with Gasteiger partial charge < -0.3 is 4.57 Å². The highest BCUT2D eigenvalue weighted by atomic mass is 32.2. The van der Waals surface area contributed by atoms with Gasteiger partial charge in [0.25, 0.3) is 0 Å². The minimum atomic E-state index is -3.52. The summed E-state index contributed by atoms with van der Waals surface area (Å²) in [6.45, 7) is 4.24. The van der Waals surface area contributed by atoms with Crippen LogP contribution >= 0.6 is 0 Å². The molecule has 8 heteroatoms. The Bertz CT molecular complexity index is 875. The Morgan fingerprint density at radius 1 is 1.32 bits per heavy atom. The van der Waals surface area contributed by atoms with E-state index in [9.17, 15) is 13.2 Å². The van der Waals surface area contributed by atoms with Crippen LogP contribution in [0.4, 0.5) is 0 Å². The van der Waals surface area contributed by atoms with E-state index >= 15 is 0 Å². The van der Waals surface area contributed by atoms with E-state index in [2.05, 4.69) is 9.97 Å². The first-order chi connectivity index (χ1) is 11.8. The highest BCUT2D eigenvalue weighted by Crippen LogP contribution is 2.34. The molecule has 2 aromatic heterocycles. The minimum Gasteiger partial charge on any atom is -0.330 e. The molecular formula is C17H22N4O3S. The molecule has 2 aromatic rings. The monoisotopic (exact) mass is 362 g/mol. The SMILES string of the molecule is CC(C)n1cnc2c1C(C(=O)Cc1ccccn1)N(S(C)(=O)=O)CC2. The lowest BCUT2D eigenvalue weighted by molar-refractivity contribution is -0.122. The van der Waals surface area contributed by atoms with Crippen molar-refractivity contribution in [3.63, 3.8) is 0 Å². The average molecular weight is 362 g/mol. The van der Waals surface area contributed by atoms with Crippen molar-refractivity contribution in [3.05, 3.63) is 47.8 Å². The number of sulfonamides is 1. The van der Waals surface area contributed by atoms with Gasteiger partial charge in [-0.2, -0.15) is 4.31 Å². The van der Waals surface area contributed by atoms with Gasteiger partial charge in [0, 0.05) is 30.9 Å². The second-order valence-corrected chi connectivity index (χ2v) is 8.50. The zero-order valence-corrected chi connectivity index (χ0v) is 15.4. The molecule has 3 heterocycles. The summed E-state index contributed by atoms with van der Waals surface area (Å²) in [4.78, 5) is 21.7. The van der Waals surface area contributed by atoms with Crippen LogP contribution in [0.15, 0.2) is 30.7 Å². The smallest absolute Gasteiger partial charge is 0.212 e. The van der Waals surface area contributed by atoms with Crippen LogP contribution in [-0.4, -0.2) is 45.8 Å². The van der Waals surface area contributed by atoms with Crippen molar-refractivity contribution in [2.75, 3.05) is 12.8 Å². The minimum absolute atomic E-state index is 0.0836. The van der Waals surface area contributed by atoms with Gasteiger partial charge in [0.1, 0.15) is 6.04 Å². The predicted octanol–water partition coefficient (Wildman–Crippen LogP) is 1.53. The zero-order chi connectivity index (χ0) is 18.2. The van der Waals surface area contributed by atoms with Gasteiger partial charge >= 0.3 is 0 Å². The largest absolute Gasteiger partial charge is 0.330 e. The number of fused-ring (bicyclic) bond motifs is 1. The highest BCUT2D eigenvalue weighted by molar-refractivity contribution is 7.88. The molecule has 1 aliphatic rings. The van der Waals surface area contributed by atoms with Crippen LogP contribution in [0.3, 0.4) is 0 Å². The van der Waals surface area contributed by atoms with E-state index in [0.29, 0.717) is 17.8 Å². The van der Waals surface area contributed by atoms with E-state index < -0.39 is 16.1 Å². The summed E-state index contributed by atoms with van der Waals surface area (Å²) in [7, 11) is -3.52. The van der Waals surface area contributed by atoms with Gasteiger partial charge in [-0.3, -0.25) is 9.78 Å². The normalized spacial score (nSPS) is 18.3. The molecule has 3 rings (SSSR count). The summed E-state index contributed by atoms with van der Waals surface area (Å²) in [6.07, 6.45) is 5.06. The van der Waals surface area contributed by atoms with Crippen LogP contribution in [-0.2, 0) is 27.7 Å². The fourth-order valence-electron chi connectivity index (χ4n) is 3.24. The maximum Gasteiger partial charge on any atom is 0.212 e. The number of Topliss-reactive ketones (excluding diaryl/α,β-unsaturated/α-hetero) is 1. The molecule has 0 aliphatic carbocycles. The van der Waals surface area contributed by atoms with Gasteiger partial charge in [0.15, 0.2) is 5.78 Å². The molecule has 0 bridgehead atoms. The van der Waals surface area contributed by atoms with Crippen LogP contribution in [0.5, 0.6) is 0 Å². The van der Waals surface area contributed by atoms with E-state index in [1.807, 2.05) is 24.5 Å². The molecule has 1 aliphatic heterocycles. The number of imidazole rings is 1. The molecule has 0 aromatic carbocycles. The number of hydrogen-bond acceptors (Lipinski definition) is 5. The van der Waals surface area contributed by atoms with Crippen LogP contribution in [0.1, 0.15) is 43.0 Å². The number of carbonyl (C=O) groups is 1. The Morgan fingerprint density at radius 3 is 2.68 bits per heavy atom. The molecule has 0 N–H and O–H groups in total. The third-order valence-corrected chi connectivity index (χ3v) is 5.64. The number of rotatable bonds is 5. The maximum absolute atomic E-state index is 13.1. The maximum atomic E-state index is 13.1. The van der Waals surface area contributed by atoms with Crippen LogP contribution in [0.2, 0.25) is 0 Å². The molecule has 1 atom stereocenters.